The van der Waals surface area contributed by atoms with Crippen molar-refractivity contribution in [1.82, 2.24) is 0 Å². The van der Waals surface area contributed by atoms with E-state index in [1.54, 1.807) is 0 Å². The van der Waals surface area contributed by atoms with Gasteiger partial charge in [0.2, 0.25) is 11.6 Å². The SMILES string of the molecule is C[C@H]1[C@@H](OCC(CO[C@H]2O[C@@H]3O[C@@]4(C)CC[C@@H]5[C@H](C)CC[C@@H]([C@H]2C)[C@@]35OO4)CC2CCCCC2)OC2O[C@@]3(C)CC[C@H]4[C@H](C)CC[C@@H]1[C@@]24OO3. The molecule has 11 aliphatic rings. The molecule has 8 aliphatic heterocycles. The molecule has 10 nitrogen and oxygen atoms in total. The molecule has 11 fully saturated rings. The molecule has 8 saturated heterocycles. The molecule has 3 aliphatic carbocycles. The highest BCUT2D eigenvalue weighted by atomic mass is 17.3. The molecule has 0 N–H and O–H groups in total. The Morgan fingerprint density at radius 2 is 1.04 bits per heavy atom. The Kier molecular flexibility index (Phi) is 9.27. The molecule has 0 radical (unpaired) electrons. The molecule has 8 heterocycles. The molecular weight excluding hydrogens is 640 g/mol. The van der Waals surface area contributed by atoms with Gasteiger partial charge in [-0.05, 0) is 88.4 Å². The summed E-state index contributed by atoms with van der Waals surface area (Å²) in [6.45, 7) is 14.4. The van der Waals surface area contributed by atoms with Gasteiger partial charge in [0.25, 0.3) is 0 Å². The van der Waals surface area contributed by atoms with E-state index >= 15 is 0 Å². The fourth-order valence-electron chi connectivity index (χ4n) is 12.7. The summed E-state index contributed by atoms with van der Waals surface area (Å²) < 4.78 is 40.6. The Hall–Kier alpha value is -0.400. The molecule has 4 bridgehead atoms. The van der Waals surface area contributed by atoms with Gasteiger partial charge in [-0.15, -0.1) is 0 Å². The molecule has 0 aromatic rings. The van der Waals surface area contributed by atoms with Crippen molar-refractivity contribution < 1.29 is 48.0 Å². The third-order valence-electron chi connectivity index (χ3n) is 15.6. The van der Waals surface area contributed by atoms with E-state index < -0.39 is 35.4 Å². The normalized spacial score (nSPS) is 55.1. The van der Waals surface area contributed by atoms with Gasteiger partial charge >= 0.3 is 0 Å². The van der Waals surface area contributed by atoms with Crippen molar-refractivity contribution in [2.45, 2.75) is 179 Å². The summed E-state index contributed by atoms with van der Waals surface area (Å²) in [5.74, 6) is 1.90. The van der Waals surface area contributed by atoms with Crippen molar-refractivity contribution in [1.29, 1.82) is 0 Å². The maximum Gasteiger partial charge on any atom is 0.201 e. The number of rotatable bonds is 8. The second kappa shape index (κ2) is 13.1. The van der Waals surface area contributed by atoms with Gasteiger partial charge in [-0.2, -0.15) is 0 Å². The van der Waals surface area contributed by atoms with Crippen LogP contribution >= 0.6 is 0 Å². The van der Waals surface area contributed by atoms with Crippen LogP contribution in [0.3, 0.4) is 0 Å². The maximum absolute atomic E-state index is 6.86. The average molecular weight is 705 g/mol. The lowest BCUT2D eigenvalue weighted by molar-refractivity contribution is -0.578. The monoisotopic (exact) mass is 704 g/mol. The second-order valence-electron chi connectivity index (χ2n) is 18.8. The van der Waals surface area contributed by atoms with Crippen LogP contribution in [0.25, 0.3) is 0 Å². The quantitative estimate of drug-likeness (QED) is 0.231. The average Bonchev–Trinajstić information content (AvgIpc) is 3.48. The van der Waals surface area contributed by atoms with Crippen molar-refractivity contribution in [3.63, 3.8) is 0 Å². The molecule has 0 amide bonds. The molecule has 50 heavy (non-hydrogen) atoms. The Morgan fingerprint density at radius 3 is 1.52 bits per heavy atom. The van der Waals surface area contributed by atoms with Crippen LogP contribution in [-0.4, -0.2) is 61.2 Å². The summed E-state index contributed by atoms with van der Waals surface area (Å²) in [5.41, 5.74) is -1.16. The highest BCUT2D eigenvalue weighted by molar-refractivity contribution is 5.10. The molecule has 2 spiro atoms. The zero-order chi connectivity index (χ0) is 34.5. The summed E-state index contributed by atoms with van der Waals surface area (Å²) in [7, 11) is 0. The highest BCUT2D eigenvalue weighted by Crippen LogP contribution is 2.62. The van der Waals surface area contributed by atoms with Crippen molar-refractivity contribution in [2.75, 3.05) is 13.2 Å². The van der Waals surface area contributed by atoms with E-state index in [4.69, 9.17) is 48.0 Å². The van der Waals surface area contributed by atoms with Crippen LogP contribution in [0.15, 0.2) is 0 Å². The van der Waals surface area contributed by atoms with E-state index in [0.717, 1.165) is 44.9 Å². The van der Waals surface area contributed by atoms with Gasteiger partial charge < -0.3 is 28.4 Å². The van der Waals surface area contributed by atoms with Gasteiger partial charge in [0.05, 0.1) is 13.2 Å². The summed E-state index contributed by atoms with van der Waals surface area (Å²) >= 11 is 0. The van der Waals surface area contributed by atoms with E-state index in [1.165, 1.54) is 44.9 Å². The largest absolute Gasteiger partial charge is 0.352 e. The molecule has 10 heteroatoms. The first-order chi connectivity index (χ1) is 24.0. The third kappa shape index (κ3) is 5.62. The van der Waals surface area contributed by atoms with Gasteiger partial charge in [0.1, 0.15) is 0 Å². The van der Waals surface area contributed by atoms with E-state index in [0.29, 0.717) is 42.8 Å². The van der Waals surface area contributed by atoms with E-state index in [-0.39, 0.29) is 42.2 Å². The Balaban J connectivity index is 0.909. The molecule has 11 rings (SSSR count). The molecule has 284 valence electrons. The van der Waals surface area contributed by atoms with Gasteiger partial charge in [0, 0.05) is 42.4 Å². The fraction of sp³-hybridized carbons (Fsp3) is 1.00. The minimum atomic E-state index is -0.791. The predicted octanol–water partition coefficient (Wildman–Crippen LogP) is 8.02. The number of fused-ring (bicyclic) bond motifs is 4. The van der Waals surface area contributed by atoms with Crippen LogP contribution in [0, 0.1) is 59.2 Å². The zero-order valence-corrected chi connectivity index (χ0v) is 31.5. The summed E-state index contributed by atoms with van der Waals surface area (Å²) in [6.07, 6.45) is 14.1. The minimum absolute atomic E-state index is 0.151. The molecular formula is C40H64O10. The van der Waals surface area contributed by atoms with Crippen LogP contribution in [-0.2, 0) is 48.0 Å². The topological polar surface area (TPSA) is 92.3 Å². The molecule has 0 aromatic heterocycles. The van der Waals surface area contributed by atoms with Gasteiger partial charge in [-0.1, -0.05) is 59.8 Å². The maximum atomic E-state index is 6.86. The number of ether oxygens (including phenoxy) is 6. The summed E-state index contributed by atoms with van der Waals surface area (Å²) in [6, 6.07) is 0. The Morgan fingerprint density at radius 1 is 0.560 bits per heavy atom. The lowest BCUT2D eigenvalue weighted by Crippen LogP contribution is -2.70. The Labute approximate surface area is 299 Å². The first-order valence-corrected chi connectivity index (χ1v) is 20.7. The number of hydrogen-bond donors (Lipinski definition) is 0. The molecule has 2 unspecified atom stereocenters. The van der Waals surface area contributed by atoms with Gasteiger partial charge in [0.15, 0.2) is 36.4 Å². The van der Waals surface area contributed by atoms with Crippen LogP contribution in [0.2, 0.25) is 0 Å². The van der Waals surface area contributed by atoms with Crippen LogP contribution < -0.4 is 0 Å². The lowest BCUT2D eigenvalue weighted by Gasteiger charge is -2.60. The van der Waals surface area contributed by atoms with Gasteiger partial charge in [-0.25, -0.2) is 19.6 Å². The smallest absolute Gasteiger partial charge is 0.201 e. The van der Waals surface area contributed by atoms with Crippen molar-refractivity contribution in [3.8, 4) is 0 Å². The fourth-order valence-corrected chi connectivity index (χ4v) is 12.7. The van der Waals surface area contributed by atoms with E-state index in [2.05, 4.69) is 27.7 Å². The summed E-state index contributed by atoms with van der Waals surface area (Å²) in [5, 5.41) is 0. The second-order valence-corrected chi connectivity index (χ2v) is 18.8. The predicted molar refractivity (Wildman–Crippen MR) is 180 cm³/mol. The van der Waals surface area contributed by atoms with Crippen LogP contribution in [0.5, 0.6) is 0 Å². The van der Waals surface area contributed by atoms with Crippen LogP contribution in [0.1, 0.15) is 131 Å². The molecule has 3 saturated carbocycles. The third-order valence-corrected chi connectivity index (χ3v) is 15.6. The van der Waals surface area contributed by atoms with E-state index in [1.807, 2.05) is 13.8 Å². The van der Waals surface area contributed by atoms with Gasteiger partial charge in [-0.3, -0.25) is 0 Å². The van der Waals surface area contributed by atoms with Crippen molar-refractivity contribution in [3.05, 3.63) is 0 Å². The Bertz CT molecular complexity index is 1150. The van der Waals surface area contributed by atoms with E-state index in [9.17, 15) is 0 Å². The van der Waals surface area contributed by atoms with Crippen LogP contribution in [0.4, 0.5) is 0 Å². The standard InChI is InChI=1S/C40H64O10/c1-23-12-14-31-25(3)33(43-35-39(31)29(23)16-18-37(5,45-35)47-49-39)41-21-28(20-27-10-8-7-9-11-27)22-42-34-26(4)32-15-13-24(2)30-17-19-38(6)46-36(44-34)40(30,32)50-48-38/h23-36H,7-22H2,1-6H3/t23-,24-,25-,26-,28?,29-,30+,31+,32+,33+,34+,35-,36?,37-,38-,39-,40-/m1/s1. The first kappa shape index (κ1) is 35.3. The lowest BCUT2D eigenvalue weighted by atomic mass is 9.58. The van der Waals surface area contributed by atoms with Crippen molar-refractivity contribution in [2.24, 2.45) is 59.2 Å². The summed E-state index contributed by atoms with van der Waals surface area (Å²) in [4.78, 5) is 24.9. The highest BCUT2D eigenvalue weighted by Gasteiger charge is 2.71. The number of hydrogen-bond acceptors (Lipinski definition) is 10. The van der Waals surface area contributed by atoms with Crippen molar-refractivity contribution >= 4 is 0 Å². The molecule has 17 atom stereocenters. The zero-order valence-electron chi connectivity index (χ0n) is 31.5. The first-order valence-electron chi connectivity index (χ1n) is 20.7. The minimum Gasteiger partial charge on any atom is -0.352 e. The molecule has 0 aromatic carbocycles.